The van der Waals surface area contributed by atoms with E-state index >= 15 is 0 Å². The molecule has 35 heavy (non-hydrogen) atoms. The highest BCUT2D eigenvalue weighted by atomic mass is 16.6. The summed E-state index contributed by atoms with van der Waals surface area (Å²) in [5.41, 5.74) is 1.82. The second-order valence-electron chi connectivity index (χ2n) is 7.84. The molecule has 0 fully saturated rings. The summed E-state index contributed by atoms with van der Waals surface area (Å²) < 4.78 is 22.4. The second-order valence-corrected chi connectivity index (χ2v) is 7.84. The Labute approximate surface area is 205 Å². The van der Waals surface area contributed by atoms with E-state index in [0.29, 0.717) is 47.1 Å². The molecule has 0 heterocycles. The summed E-state index contributed by atoms with van der Waals surface area (Å²) >= 11 is 0. The van der Waals surface area contributed by atoms with Crippen LogP contribution >= 0.6 is 0 Å². The molecule has 0 N–H and O–H groups in total. The minimum atomic E-state index is -0.549. The third-order valence-electron chi connectivity index (χ3n) is 5.74. The maximum Gasteiger partial charge on any atom is 0.343 e. The first-order valence-corrected chi connectivity index (χ1v) is 11.5. The zero-order valence-corrected chi connectivity index (χ0v) is 20.8. The number of oxime groups is 1. The Hall–Kier alpha value is -3.81. The molecular formula is C27H31NO7. The number of carbonyl (C=O) groups excluding carboxylic acids is 2. The van der Waals surface area contributed by atoms with Crippen molar-refractivity contribution in [1.82, 2.24) is 0 Å². The van der Waals surface area contributed by atoms with E-state index in [4.69, 9.17) is 23.8 Å². The van der Waals surface area contributed by atoms with Crippen LogP contribution in [-0.4, -0.2) is 45.4 Å². The fourth-order valence-corrected chi connectivity index (χ4v) is 4.11. The number of Topliss-reactive ketones (excluding diaryl/α,β-unsaturated/α-hetero) is 1. The van der Waals surface area contributed by atoms with E-state index in [1.165, 1.54) is 0 Å². The van der Waals surface area contributed by atoms with Crippen LogP contribution in [0, 0.1) is 0 Å². The van der Waals surface area contributed by atoms with E-state index < -0.39 is 5.97 Å². The van der Waals surface area contributed by atoms with Crippen molar-refractivity contribution in [3.05, 3.63) is 64.9 Å². The summed E-state index contributed by atoms with van der Waals surface area (Å²) in [6.45, 7) is 4.03. The quantitative estimate of drug-likeness (QED) is 0.266. The lowest BCUT2D eigenvalue weighted by molar-refractivity contribution is -0.116. The van der Waals surface area contributed by atoms with Crippen LogP contribution in [0.4, 0.5) is 0 Å². The molecule has 0 aliphatic heterocycles. The highest BCUT2D eigenvalue weighted by Gasteiger charge is 2.36. The zero-order chi connectivity index (χ0) is 25.4. The molecule has 8 heteroatoms. The first-order valence-electron chi connectivity index (χ1n) is 11.5. The van der Waals surface area contributed by atoms with E-state index in [2.05, 4.69) is 5.16 Å². The van der Waals surface area contributed by atoms with Crippen LogP contribution in [0.3, 0.4) is 0 Å². The van der Waals surface area contributed by atoms with Crippen molar-refractivity contribution in [2.24, 2.45) is 5.16 Å². The van der Waals surface area contributed by atoms with Gasteiger partial charge in [0, 0.05) is 36.5 Å². The number of benzene rings is 2. The molecular weight excluding hydrogens is 450 g/mol. The van der Waals surface area contributed by atoms with Crippen molar-refractivity contribution in [1.29, 1.82) is 0 Å². The first-order chi connectivity index (χ1) is 17.0. The Balaban J connectivity index is 2.10. The van der Waals surface area contributed by atoms with Gasteiger partial charge in [-0.25, -0.2) is 4.79 Å². The number of ketones is 1. The Bertz CT molecular complexity index is 1100. The van der Waals surface area contributed by atoms with Crippen molar-refractivity contribution >= 4 is 17.5 Å². The number of hydrogen-bond donors (Lipinski definition) is 0. The average Bonchev–Trinajstić information content (AvgIpc) is 2.89. The number of hydrogen-bond acceptors (Lipinski definition) is 8. The van der Waals surface area contributed by atoms with Crippen molar-refractivity contribution in [2.45, 2.75) is 39.0 Å². The van der Waals surface area contributed by atoms with Gasteiger partial charge >= 0.3 is 5.97 Å². The molecule has 186 valence electrons. The van der Waals surface area contributed by atoms with E-state index in [1.807, 2.05) is 19.9 Å². The summed E-state index contributed by atoms with van der Waals surface area (Å²) in [4.78, 5) is 31.7. The lowest BCUT2D eigenvalue weighted by Gasteiger charge is -2.28. The molecule has 0 bridgehead atoms. The normalized spacial score (nSPS) is 16.1. The van der Waals surface area contributed by atoms with Crippen LogP contribution in [0.25, 0.3) is 0 Å². The highest BCUT2D eigenvalue weighted by molar-refractivity contribution is 6.23. The lowest BCUT2D eigenvalue weighted by Crippen LogP contribution is -2.26. The number of esters is 1. The largest absolute Gasteiger partial charge is 0.496 e. The standard InChI is InChI=1S/C27H31NO7/c1-6-20(28-34-7-2)26-21(29)13-18(14-24(26)35-27(30)17-11-9-8-10-12-17)25-22(32-4)15-19(31-3)16-23(25)33-5/h8-12,15-16,18H,6-7,13-14H2,1-5H3/b28-20-. The van der Waals surface area contributed by atoms with Crippen LogP contribution in [-0.2, 0) is 14.4 Å². The summed E-state index contributed by atoms with van der Waals surface area (Å²) in [7, 11) is 4.64. The second kappa shape index (κ2) is 12.1. The molecule has 1 aliphatic carbocycles. The smallest absolute Gasteiger partial charge is 0.343 e. The molecule has 1 atom stereocenters. The van der Waals surface area contributed by atoms with Crippen LogP contribution in [0.2, 0.25) is 0 Å². The highest BCUT2D eigenvalue weighted by Crippen LogP contribution is 2.46. The van der Waals surface area contributed by atoms with Crippen molar-refractivity contribution in [3.8, 4) is 17.2 Å². The first kappa shape index (κ1) is 25.8. The van der Waals surface area contributed by atoms with Gasteiger partial charge in [0.2, 0.25) is 0 Å². The van der Waals surface area contributed by atoms with Crippen LogP contribution in [0.1, 0.15) is 54.9 Å². The van der Waals surface area contributed by atoms with Gasteiger partial charge in [-0.15, -0.1) is 0 Å². The summed E-state index contributed by atoms with van der Waals surface area (Å²) in [6.07, 6.45) is 0.864. The number of allylic oxidation sites excluding steroid dienone is 2. The van der Waals surface area contributed by atoms with Gasteiger partial charge in [0.15, 0.2) is 5.78 Å². The maximum atomic E-state index is 13.5. The Kier molecular flexibility index (Phi) is 8.89. The summed E-state index contributed by atoms with van der Waals surface area (Å²) in [5.74, 6) is 0.758. The van der Waals surface area contributed by atoms with Crippen LogP contribution in [0.5, 0.6) is 17.2 Å². The van der Waals surface area contributed by atoms with E-state index in [9.17, 15) is 9.59 Å². The fourth-order valence-electron chi connectivity index (χ4n) is 4.11. The van der Waals surface area contributed by atoms with Crippen LogP contribution in [0.15, 0.2) is 59.0 Å². The van der Waals surface area contributed by atoms with E-state index in [0.717, 1.165) is 0 Å². The number of rotatable bonds is 10. The minimum Gasteiger partial charge on any atom is -0.496 e. The Morgan fingerprint density at radius 1 is 0.971 bits per heavy atom. The average molecular weight is 482 g/mol. The third kappa shape index (κ3) is 5.82. The molecule has 0 amide bonds. The minimum absolute atomic E-state index is 0.159. The third-order valence-corrected chi connectivity index (χ3v) is 5.74. The molecule has 0 aromatic heterocycles. The maximum absolute atomic E-state index is 13.5. The van der Waals surface area contributed by atoms with Gasteiger partial charge in [-0.05, 0) is 25.5 Å². The molecule has 0 spiro atoms. The molecule has 2 aromatic carbocycles. The van der Waals surface area contributed by atoms with Gasteiger partial charge in [-0.2, -0.15) is 0 Å². The molecule has 2 aromatic rings. The Morgan fingerprint density at radius 3 is 2.17 bits per heavy atom. The fraction of sp³-hybridized carbons (Fsp3) is 0.370. The predicted molar refractivity (Wildman–Crippen MR) is 131 cm³/mol. The van der Waals surface area contributed by atoms with Gasteiger partial charge in [-0.1, -0.05) is 30.3 Å². The molecule has 1 aliphatic rings. The monoisotopic (exact) mass is 481 g/mol. The van der Waals surface area contributed by atoms with Crippen molar-refractivity contribution in [2.75, 3.05) is 27.9 Å². The van der Waals surface area contributed by atoms with Crippen LogP contribution < -0.4 is 14.2 Å². The van der Waals surface area contributed by atoms with Crippen molar-refractivity contribution in [3.63, 3.8) is 0 Å². The zero-order valence-electron chi connectivity index (χ0n) is 20.8. The molecule has 8 nitrogen and oxygen atoms in total. The SMILES string of the molecule is CCO/N=C(/CC)C1=C(OC(=O)c2ccccc2)CC(c2c(OC)cc(OC)cc2OC)CC1=O. The summed E-state index contributed by atoms with van der Waals surface area (Å²) in [5, 5.41) is 4.13. The van der Waals surface area contributed by atoms with Gasteiger partial charge in [0.25, 0.3) is 0 Å². The number of ether oxygens (including phenoxy) is 4. The predicted octanol–water partition coefficient (Wildman–Crippen LogP) is 5.07. The van der Waals surface area contributed by atoms with Gasteiger partial charge < -0.3 is 23.8 Å². The van der Waals surface area contributed by atoms with Gasteiger partial charge in [0.05, 0.1) is 38.2 Å². The molecule has 0 radical (unpaired) electrons. The molecule has 0 saturated carbocycles. The lowest BCUT2D eigenvalue weighted by atomic mass is 9.80. The molecule has 3 rings (SSSR count). The summed E-state index contributed by atoms with van der Waals surface area (Å²) in [6, 6.07) is 12.1. The molecule has 1 unspecified atom stereocenters. The molecule has 0 saturated heterocycles. The number of methoxy groups -OCH3 is 3. The number of carbonyl (C=O) groups is 2. The van der Waals surface area contributed by atoms with E-state index in [1.54, 1.807) is 57.7 Å². The number of nitrogens with zero attached hydrogens (tertiary/aromatic N) is 1. The van der Waals surface area contributed by atoms with E-state index in [-0.39, 0.29) is 35.9 Å². The van der Waals surface area contributed by atoms with Crippen molar-refractivity contribution < 1.29 is 33.4 Å². The van der Waals surface area contributed by atoms with Gasteiger partial charge in [0.1, 0.15) is 29.6 Å². The van der Waals surface area contributed by atoms with Gasteiger partial charge in [-0.3, -0.25) is 4.79 Å². The Morgan fingerprint density at radius 2 is 1.63 bits per heavy atom. The topological polar surface area (TPSA) is 92.7 Å².